The van der Waals surface area contributed by atoms with E-state index < -0.39 is 13.2 Å². The molecule has 9 heterocycles. The van der Waals surface area contributed by atoms with Crippen molar-refractivity contribution in [2.45, 2.75) is 105 Å². The van der Waals surface area contributed by atoms with E-state index in [0.29, 0.717) is 63.3 Å². The van der Waals surface area contributed by atoms with Gasteiger partial charge in [0.1, 0.15) is 11.6 Å². The molecule has 0 spiro atoms. The Hall–Kier alpha value is -11.3. The number of nitrogens with two attached hydrogens (primary N) is 2. The third-order valence-electron chi connectivity index (χ3n) is 17.1. The van der Waals surface area contributed by atoms with E-state index in [2.05, 4.69) is 77.1 Å². The van der Waals surface area contributed by atoms with E-state index in [4.69, 9.17) is 45.5 Å². The molecule has 530 valence electrons. The molecule has 0 unspecified atom stereocenters. The fourth-order valence-electron chi connectivity index (χ4n) is 11.0. The number of nitrogen functional groups attached to an aromatic ring is 2. The Bertz CT molecular complexity index is 5550. The average Bonchev–Trinajstić information content (AvgIpc) is 0.954. The largest absolute Gasteiger partial charge is 0.496 e. The number of fused-ring (bicyclic) bond motifs is 2. The van der Waals surface area contributed by atoms with E-state index in [1.54, 1.807) is 90.0 Å². The van der Waals surface area contributed by atoms with Gasteiger partial charge in [0, 0.05) is 113 Å². The molecular weight excluding hydrogens is 1470 g/mol. The molecule has 1 fully saturated rings. The number of rotatable bonds is 13. The molecule has 24 nitrogen and oxygen atoms in total. The van der Waals surface area contributed by atoms with E-state index in [-0.39, 0.29) is 73.9 Å². The molecule has 0 bridgehead atoms. The Kier molecular flexibility index (Phi) is 25.2. The van der Waals surface area contributed by atoms with Crippen LogP contribution in [-0.2, 0) is 28.9 Å². The fourth-order valence-corrected chi connectivity index (χ4v) is 11.9. The Balaban J connectivity index is 0.000000167. The van der Waals surface area contributed by atoms with Crippen molar-refractivity contribution < 1.29 is 9.31 Å². The first kappa shape index (κ1) is 76.8. The molecule has 7 N–H and O–H groups in total. The van der Waals surface area contributed by atoms with Gasteiger partial charge in [-0.1, -0.05) is 84.4 Å². The summed E-state index contributed by atoms with van der Waals surface area (Å²) in [6.45, 7) is 34.3. The van der Waals surface area contributed by atoms with Gasteiger partial charge in [0.05, 0.1) is 52.2 Å². The van der Waals surface area contributed by atoms with Crippen LogP contribution in [0.15, 0.2) is 233 Å². The van der Waals surface area contributed by atoms with Gasteiger partial charge in [-0.05, 0) is 182 Å². The minimum atomic E-state index is -0.423. The van der Waals surface area contributed by atoms with Gasteiger partial charge in [-0.15, -0.1) is 0 Å². The zero-order valence-electron chi connectivity index (χ0n) is 58.3. The number of benzene rings is 4. The van der Waals surface area contributed by atoms with Crippen LogP contribution in [0.5, 0.6) is 0 Å². The zero-order valence-corrected chi connectivity index (χ0v) is 62.2. The third-order valence-corrected chi connectivity index (χ3v) is 18.4. The minimum Gasteiger partial charge on any atom is -0.399 e. The van der Waals surface area contributed by atoms with Crippen molar-refractivity contribution in [2.24, 2.45) is 0 Å². The predicted octanol–water partition coefficient (Wildman–Crippen LogP) is 13.6. The van der Waals surface area contributed by atoms with Crippen molar-refractivity contribution in [1.82, 2.24) is 47.8 Å². The minimum absolute atomic E-state index is 0.00207. The molecule has 0 aliphatic carbocycles. The van der Waals surface area contributed by atoms with Gasteiger partial charge in [-0.2, -0.15) is 0 Å². The van der Waals surface area contributed by atoms with Gasteiger partial charge in [-0.25, -0.2) is 29.6 Å². The summed E-state index contributed by atoms with van der Waals surface area (Å²) in [5, 5.41) is 9.32. The Labute approximate surface area is 620 Å². The summed E-state index contributed by atoms with van der Waals surface area (Å²) in [7, 11) is -0.409. The second-order valence-corrected chi connectivity index (χ2v) is 26.7. The van der Waals surface area contributed by atoms with Crippen molar-refractivity contribution in [3.8, 4) is 22.5 Å². The maximum Gasteiger partial charge on any atom is 0.496 e. The standard InChI is InChI=1S/C29H25N7O2.C22H17ClN6O.C13H20BNO3.C7H8BrNO.C5H4BrNO/c1-4-35-17-20(13-14-25(35)37)22-12-8-9-19-15-24(18(2)33-27-23(31-3)16-32-29(30)34-27)36(28(38)26(19)22)21-10-6-5-7-11-21;1-13(27-20-17(25-2)12-26-22(24)28-20)18-11-14-7-6-10-16(23)19(14)21(30)29(18)15-8-4-3-5-9-15;1-6-15-9-10(7-8-11(15)16)14-17-12(2,3)13(4,5)18-14;1-2-9-5-6(8)3-4-7(9)10;6-4-1-2-5(8)7-3-4/h5-18H,4H2,1-2H3,(H3,30,32,33,34);3-13H,1H3,(H3,24,26,27,28);7-9H,6H2,1-5H3;3-5H,2H2,1H3;1-3H,(H,7,8)/t18-;13-;;;/m00.../s1. The van der Waals surface area contributed by atoms with Crippen LogP contribution in [0.2, 0.25) is 5.02 Å². The van der Waals surface area contributed by atoms with E-state index >= 15 is 0 Å². The average molecular weight is 1550 g/mol. The molecule has 4 aromatic carbocycles. The number of H-pyrrole nitrogens is 1. The number of anilines is 4. The lowest BCUT2D eigenvalue weighted by Gasteiger charge is -2.32. The van der Waals surface area contributed by atoms with Crippen LogP contribution in [0.25, 0.3) is 53.7 Å². The number of aromatic nitrogens is 10. The number of aromatic amines is 1. The van der Waals surface area contributed by atoms with Crippen molar-refractivity contribution in [1.29, 1.82) is 0 Å². The summed E-state index contributed by atoms with van der Waals surface area (Å²) >= 11 is 12.8. The summed E-state index contributed by atoms with van der Waals surface area (Å²) in [4.78, 5) is 98.3. The highest BCUT2D eigenvalue weighted by atomic mass is 79.9. The van der Waals surface area contributed by atoms with Crippen LogP contribution in [0.3, 0.4) is 0 Å². The summed E-state index contributed by atoms with van der Waals surface area (Å²) in [5.74, 6) is 0.706. The number of aryl methyl sites for hydroxylation is 3. The molecule has 13 rings (SSSR count). The van der Waals surface area contributed by atoms with Gasteiger partial charge >= 0.3 is 7.12 Å². The summed E-state index contributed by atoms with van der Waals surface area (Å²) in [6, 6.07) is 45.9. The van der Waals surface area contributed by atoms with Gasteiger partial charge in [-0.3, -0.25) is 37.9 Å². The number of nitrogens with one attached hydrogen (secondary N) is 3. The van der Waals surface area contributed by atoms with Crippen LogP contribution in [-0.4, -0.2) is 66.1 Å². The molecular formula is C76H74BBr2ClN16O8. The molecule has 2 atom stereocenters. The number of nitrogens with zero attached hydrogens (tertiary/aromatic N) is 11. The van der Waals surface area contributed by atoms with Crippen LogP contribution in [0.1, 0.15) is 85.8 Å². The lowest BCUT2D eigenvalue weighted by molar-refractivity contribution is 0.00578. The topological polar surface area (TPSA) is 298 Å². The van der Waals surface area contributed by atoms with Crippen molar-refractivity contribution >= 4 is 112 Å². The van der Waals surface area contributed by atoms with Gasteiger partial charge in [0.2, 0.25) is 34.4 Å². The van der Waals surface area contributed by atoms with Crippen molar-refractivity contribution in [3.05, 3.63) is 305 Å². The van der Waals surface area contributed by atoms with Crippen molar-refractivity contribution in [3.63, 3.8) is 0 Å². The smallest absolute Gasteiger partial charge is 0.399 e. The van der Waals surface area contributed by atoms with E-state index in [0.717, 1.165) is 42.9 Å². The fraction of sp³-hybridized carbons (Fsp3) is 0.211. The van der Waals surface area contributed by atoms with Crippen LogP contribution in [0.4, 0.5) is 34.9 Å². The number of hydrogen-bond donors (Lipinski definition) is 5. The number of para-hydroxylation sites is 2. The molecule has 8 aromatic heterocycles. The number of pyridine rings is 6. The Morgan fingerprint density at radius 1 is 0.567 bits per heavy atom. The van der Waals surface area contributed by atoms with Crippen molar-refractivity contribution in [2.75, 3.05) is 22.1 Å². The highest BCUT2D eigenvalue weighted by molar-refractivity contribution is 9.10. The zero-order chi connectivity index (χ0) is 75.2. The first-order valence-corrected chi connectivity index (χ1v) is 34.8. The molecule has 1 saturated heterocycles. The molecule has 12 aromatic rings. The van der Waals surface area contributed by atoms with Crippen LogP contribution in [0, 0.1) is 13.1 Å². The predicted molar refractivity (Wildman–Crippen MR) is 420 cm³/mol. The lowest BCUT2D eigenvalue weighted by atomic mass is 9.80. The molecule has 28 heteroatoms. The summed E-state index contributed by atoms with van der Waals surface area (Å²) < 4.78 is 21.9. The Morgan fingerprint density at radius 2 is 1.02 bits per heavy atom. The summed E-state index contributed by atoms with van der Waals surface area (Å²) in [6.07, 6.45) is 9.72. The maximum absolute atomic E-state index is 14.3. The normalized spacial score (nSPS) is 13.0. The van der Waals surface area contributed by atoms with E-state index in [1.807, 2.05) is 166 Å². The lowest BCUT2D eigenvalue weighted by Crippen LogP contribution is -2.41. The number of hydrogen-bond acceptors (Lipinski definition) is 16. The molecule has 1 aliphatic heterocycles. The quantitative estimate of drug-likeness (QED) is 0.0529. The van der Waals surface area contributed by atoms with E-state index in [9.17, 15) is 28.8 Å². The number of halogens is 3. The molecule has 104 heavy (non-hydrogen) atoms. The van der Waals surface area contributed by atoms with Gasteiger partial charge in [0.25, 0.3) is 22.2 Å². The molecule has 0 amide bonds. The first-order chi connectivity index (χ1) is 49.7. The second-order valence-electron chi connectivity index (χ2n) is 24.5. The van der Waals surface area contributed by atoms with Gasteiger partial charge < -0.3 is 50.1 Å². The van der Waals surface area contributed by atoms with Crippen LogP contribution < -0.4 is 60.9 Å². The SMILES string of the molecule is CCn1cc(B2OC(C)(C)C(C)(C)O2)ccc1=O.CCn1cc(Br)ccc1=O.O=c1ccc(Br)c[nH]1.[C-]#[N+]c1cnc(N)nc1N[C@@H](C)c1cc2cccc(-c3ccc(=O)n(CC)c3)c2c(=O)n1-c1ccccc1.[C-]#[N+]c1cnc(N)nc1N[C@@H](C)c1cc2cccc(Cl)c2c(=O)n1-c1ccccc1. The van der Waals surface area contributed by atoms with Gasteiger partial charge in [0.15, 0.2) is 0 Å². The molecule has 1 aliphatic rings. The maximum atomic E-state index is 14.3. The highest BCUT2D eigenvalue weighted by Gasteiger charge is 2.52. The first-order valence-electron chi connectivity index (χ1n) is 32.8. The third kappa shape index (κ3) is 18.1. The highest BCUT2D eigenvalue weighted by Crippen LogP contribution is 2.37. The Morgan fingerprint density at radius 3 is 1.49 bits per heavy atom. The molecule has 0 radical (unpaired) electrons. The monoisotopic (exact) mass is 1540 g/mol. The van der Waals surface area contributed by atoms with E-state index in [1.165, 1.54) is 24.5 Å². The summed E-state index contributed by atoms with van der Waals surface area (Å²) in [5.41, 5.74) is 15.9. The van der Waals surface area contributed by atoms with Crippen LogP contribution >= 0.6 is 43.5 Å². The second kappa shape index (κ2) is 34.1. The molecule has 0 saturated carbocycles.